The van der Waals surface area contributed by atoms with Crippen molar-refractivity contribution in [3.63, 3.8) is 0 Å². The van der Waals surface area contributed by atoms with Gasteiger partial charge in [-0.25, -0.2) is 0 Å². The van der Waals surface area contributed by atoms with Crippen molar-refractivity contribution in [3.05, 3.63) is 0 Å². The summed E-state index contributed by atoms with van der Waals surface area (Å²) in [6.45, 7) is 4.31. The molecule has 0 saturated carbocycles. The summed E-state index contributed by atoms with van der Waals surface area (Å²) < 4.78 is 0. The monoisotopic (exact) mass is 172 g/mol. The molecule has 1 rings (SSSR count). The minimum Gasteiger partial charge on any atom is -0.298 e. The second kappa shape index (κ2) is 4.15. The predicted octanol–water partition coefficient (Wildman–Crippen LogP) is 2.50. The maximum atomic E-state index is 11.3. The highest BCUT2D eigenvalue weighted by molar-refractivity contribution is 8.01. The van der Waals surface area contributed by atoms with Gasteiger partial charge < -0.3 is 0 Å². The maximum absolute atomic E-state index is 11.3. The van der Waals surface area contributed by atoms with Crippen LogP contribution in [0.2, 0.25) is 0 Å². The van der Waals surface area contributed by atoms with E-state index in [9.17, 15) is 4.79 Å². The van der Waals surface area contributed by atoms with Crippen LogP contribution in [-0.4, -0.2) is 16.8 Å². The van der Waals surface area contributed by atoms with Crippen LogP contribution in [0.1, 0.15) is 33.1 Å². The molecular weight excluding hydrogens is 156 g/mol. The van der Waals surface area contributed by atoms with Gasteiger partial charge in [0.15, 0.2) is 0 Å². The molecule has 1 saturated heterocycles. The van der Waals surface area contributed by atoms with Gasteiger partial charge in [0.05, 0.1) is 5.75 Å². The van der Waals surface area contributed by atoms with E-state index in [1.165, 1.54) is 12.8 Å². The molecule has 1 aliphatic heterocycles. The van der Waals surface area contributed by atoms with Gasteiger partial charge in [-0.15, -0.1) is 11.8 Å². The molecule has 11 heavy (non-hydrogen) atoms. The van der Waals surface area contributed by atoms with Crippen LogP contribution in [-0.2, 0) is 4.79 Å². The quantitative estimate of drug-likeness (QED) is 0.650. The van der Waals surface area contributed by atoms with Crippen molar-refractivity contribution in [1.29, 1.82) is 0 Å². The molecule has 0 spiro atoms. The molecule has 2 atom stereocenters. The molecule has 0 aliphatic carbocycles. The van der Waals surface area contributed by atoms with Crippen molar-refractivity contribution in [3.8, 4) is 0 Å². The highest BCUT2D eigenvalue weighted by Gasteiger charge is 2.32. The highest BCUT2D eigenvalue weighted by Crippen LogP contribution is 2.34. The SMILES string of the molecule is CCCC1SCC(=O)C1CC. The summed E-state index contributed by atoms with van der Waals surface area (Å²) >= 11 is 1.86. The zero-order chi connectivity index (χ0) is 8.27. The Bertz CT molecular complexity index is 144. The lowest BCUT2D eigenvalue weighted by molar-refractivity contribution is -0.119. The first-order valence-electron chi connectivity index (χ1n) is 4.43. The summed E-state index contributed by atoms with van der Waals surface area (Å²) in [5.41, 5.74) is 0. The fourth-order valence-corrected chi connectivity index (χ4v) is 3.25. The second-order valence-electron chi connectivity index (χ2n) is 3.12. The van der Waals surface area contributed by atoms with E-state index in [-0.39, 0.29) is 0 Å². The van der Waals surface area contributed by atoms with Crippen molar-refractivity contribution >= 4 is 17.5 Å². The van der Waals surface area contributed by atoms with Gasteiger partial charge in [0, 0.05) is 11.2 Å². The summed E-state index contributed by atoms with van der Waals surface area (Å²) in [6, 6.07) is 0. The Morgan fingerprint density at radius 1 is 1.55 bits per heavy atom. The topological polar surface area (TPSA) is 17.1 Å². The zero-order valence-corrected chi connectivity index (χ0v) is 8.12. The molecule has 0 aromatic heterocycles. The molecule has 64 valence electrons. The normalized spacial score (nSPS) is 31.3. The number of ketones is 1. The van der Waals surface area contributed by atoms with E-state index in [4.69, 9.17) is 0 Å². The molecule has 2 unspecified atom stereocenters. The van der Waals surface area contributed by atoms with Crippen molar-refractivity contribution in [2.24, 2.45) is 5.92 Å². The zero-order valence-electron chi connectivity index (χ0n) is 7.30. The van der Waals surface area contributed by atoms with E-state index in [0.29, 0.717) is 17.0 Å². The Morgan fingerprint density at radius 2 is 2.27 bits per heavy atom. The molecule has 0 bridgehead atoms. The number of Topliss-reactive ketones (excluding diaryl/α,β-unsaturated/α-hetero) is 1. The van der Waals surface area contributed by atoms with Crippen LogP contribution < -0.4 is 0 Å². The lowest BCUT2D eigenvalue weighted by Gasteiger charge is -2.13. The average molecular weight is 172 g/mol. The molecule has 1 fully saturated rings. The lowest BCUT2D eigenvalue weighted by Crippen LogP contribution is -2.17. The summed E-state index contributed by atoms with van der Waals surface area (Å²) in [6.07, 6.45) is 3.47. The van der Waals surface area contributed by atoms with Crippen LogP contribution in [0.5, 0.6) is 0 Å². The Balaban J connectivity index is 2.47. The Morgan fingerprint density at radius 3 is 2.82 bits per heavy atom. The van der Waals surface area contributed by atoms with Crippen LogP contribution in [0.25, 0.3) is 0 Å². The standard InChI is InChI=1S/C9H16OS/c1-3-5-9-7(4-2)8(10)6-11-9/h7,9H,3-6H2,1-2H3. The minimum atomic E-state index is 0.375. The van der Waals surface area contributed by atoms with Crippen molar-refractivity contribution in [1.82, 2.24) is 0 Å². The van der Waals surface area contributed by atoms with Gasteiger partial charge in [-0.1, -0.05) is 20.3 Å². The van der Waals surface area contributed by atoms with Crippen molar-refractivity contribution in [2.45, 2.75) is 38.4 Å². The van der Waals surface area contributed by atoms with Crippen molar-refractivity contribution < 1.29 is 4.79 Å². The Kier molecular flexibility index (Phi) is 3.44. The third-order valence-electron chi connectivity index (χ3n) is 2.32. The van der Waals surface area contributed by atoms with E-state index in [2.05, 4.69) is 13.8 Å². The fourth-order valence-electron chi connectivity index (χ4n) is 1.68. The maximum Gasteiger partial charge on any atom is 0.146 e. The molecule has 0 amide bonds. The first-order chi connectivity index (χ1) is 5.29. The van der Waals surface area contributed by atoms with Gasteiger partial charge in [0.2, 0.25) is 0 Å². The molecule has 0 radical (unpaired) electrons. The molecule has 0 aromatic rings. The van der Waals surface area contributed by atoms with Crippen LogP contribution in [0.3, 0.4) is 0 Å². The minimum absolute atomic E-state index is 0.375. The van der Waals surface area contributed by atoms with E-state index in [1.54, 1.807) is 0 Å². The molecule has 1 aliphatic rings. The molecular formula is C9H16OS. The first-order valence-corrected chi connectivity index (χ1v) is 5.48. The van der Waals surface area contributed by atoms with Crippen LogP contribution >= 0.6 is 11.8 Å². The third kappa shape index (κ3) is 1.98. The number of rotatable bonds is 3. The summed E-state index contributed by atoms with van der Waals surface area (Å²) in [5, 5.41) is 0.637. The predicted molar refractivity (Wildman–Crippen MR) is 49.9 cm³/mol. The average Bonchev–Trinajstić information content (AvgIpc) is 2.33. The summed E-state index contributed by atoms with van der Waals surface area (Å²) in [7, 11) is 0. The number of hydrogen-bond donors (Lipinski definition) is 0. The lowest BCUT2D eigenvalue weighted by atomic mass is 9.96. The van der Waals surface area contributed by atoms with Gasteiger partial charge in [0.1, 0.15) is 5.78 Å². The van der Waals surface area contributed by atoms with E-state index in [1.807, 2.05) is 11.8 Å². The smallest absolute Gasteiger partial charge is 0.146 e. The van der Waals surface area contributed by atoms with E-state index >= 15 is 0 Å². The van der Waals surface area contributed by atoms with Crippen LogP contribution in [0, 0.1) is 5.92 Å². The Hall–Kier alpha value is 0.0200. The molecule has 1 nitrogen and oxygen atoms in total. The van der Waals surface area contributed by atoms with Gasteiger partial charge in [0.25, 0.3) is 0 Å². The molecule has 0 aromatic carbocycles. The van der Waals surface area contributed by atoms with Crippen LogP contribution in [0.15, 0.2) is 0 Å². The molecule has 1 heterocycles. The number of carbonyl (C=O) groups is 1. The second-order valence-corrected chi connectivity index (χ2v) is 4.35. The largest absolute Gasteiger partial charge is 0.298 e. The summed E-state index contributed by atoms with van der Waals surface area (Å²) in [4.78, 5) is 11.3. The number of carbonyl (C=O) groups excluding carboxylic acids is 1. The van der Waals surface area contributed by atoms with Gasteiger partial charge in [-0.3, -0.25) is 4.79 Å². The first kappa shape index (κ1) is 9.11. The van der Waals surface area contributed by atoms with E-state index < -0.39 is 0 Å². The van der Waals surface area contributed by atoms with E-state index in [0.717, 1.165) is 12.2 Å². The van der Waals surface area contributed by atoms with Gasteiger partial charge >= 0.3 is 0 Å². The number of thioether (sulfide) groups is 1. The molecule has 0 N–H and O–H groups in total. The van der Waals surface area contributed by atoms with Crippen molar-refractivity contribution in [2.75, 3.05) is 5.75 Å². The van der Waals surface area contributed by atoms with Gasteiger partial charge in [-0.05, 0) is 12.8 Å². The number of hydrogen-bond acceptors (Lipinski definition) is 2. The van der Waals surface area contributed by atoms with Gasteiger partial charge in [-0.2, -0.15) is 0 Å². The van der Waals surface area contributed by atoms with Crippen LogP contribution in [0.4, 0.5) is 0 Å². The third-order valence-corrected chi connectivity index (χ3v) is 3.76. The molecule has 2 heteroatoms. The fraction of sp³-hybridized carbons (Fsp3) is 0.889. The Labute approximate surface area is 72.9 Å². The summed E-state index contributed by atoms with van der Waals surface area (Å²) in [5.74, 6) is 1.62. The highest BCUT2D eigenvalue weighted by atomic mass is 32.2.